The Bertz CT molecular complexity index is 922. The highest BCUT2D eigenvalue weighted by Crippen LogP contribution is 2.41. The molecule has 2 aliphatic rings. The Morgan fingerprint density at radius 1 is 1.00 bits per heavy atom. The molecule has 3 atom stereocenters. The maximum atomic E-state index is 11.8. The van der Waals surface area contributed by atoms with E-state index in [-0.39, 0.29) is 0 Å². The van der Waals surface area contributed by atoms with Gasteiger partial charge in [0.25, 0.3) is 0 Å². The summed E-state index contributed by atoms with van der Waals surface area (Å²) in [6.45, 7) is 2.06. The second kappa shape index (κ2) is 7.04. The second-order valence-electron chi connectivity index (χ2n) is 8.19. The smallest absolute Gasteiger partial charge is 0.175 e. The predicted octanol–water partition coefficient (Wildman–Crippen LogP) is 3.11. The van der Waals surface area contributed by atoms with E-state index < -0.39 is 9.84 Å². The highest BCUT2D eigenvalue weighted by molar-refractivity contribution is 7.90. The maximum Gasteiger partial charge on any atom is 0.175 e. The summed E-state index contributed by atoms with van der Waals surface area (Å²) in [6.07, 6.45) is 3.62. The zero-order chi connectivity index (χ0) is 19.2. The van der Waals surface area contributed by atoms with Crippen molar-refractivity contribution >= 4 is 9.84 Å². The molecule has 0 radical (unpaired) electrons. The van der Waals surface area contributed by atoms with Crippen molar-refractivity contribution in [3.05, 3.63) is 65.2 Å². The first kappa shape index (κ1) is 18.7. The van der Waals surface area contributed by atoms with Gasteiger partial charge >= 0.3 is 0 Å². The number of sulfone groups is 1. The molecular weight excluding hydrogens is 356 g/mol. The van der Waals surface area contributed by atoms with E-state index in [1.807, 2.05) is 12.1 Å². The lowest BCUT2D eigenvalue weighted by Gasteiger charge is -2.26. The fraction of sp³-hybridized carbons (Fsp3) is 0.455. The Hall–Kier alpha value is -1.69. The number of benzene rings is 2. The van der Waals surface area contributed by atoms with Gasteiger partial charge < -0.3 is 4.90 Å². The van der Waals surface area contributed by atoms with Crippen LogP contribution >= 0.6 is 0 Å². The Morgan fingerprint density at radius 3 is 2.37 bits per heavy atom. The second-order valence-corrected chi connectivity index (χ2v) is 10.2. The molecule has 5 heteroatoms. The summed E-state index contributed by atoms with van der Waals surface area (Å²) in [5, 5.41) is 0. The van der Waals surface area contributed by atoms with Crippen molar-refractivity contribution in [2.45, 2.75) is 35.7 Å². The van der Waals surface area contributed by atoms with E-state index in [0.717, 1.165) is 19.5 Å². The van der Waals surface area contributed by atoms with E-state index in [9.17, 15) is 8.42 Å². The minimum atomic E-state index is -3.15. The molecular formula is C22H28N2O2S. The molecule has 2 aromatic rings. The first-order chi connectivity index (χ1) is 12.8. The number of rotatable bonds is 4. The fourth-order valence-electron chi connectivity index (χ4n) is 4.80. The number of fused-ring (bicyclic) bond motifs is 1. The normalized spacial score (nSPS) is 25.9. The molecule has 0 bridgehead atoms. The number of likely N-dealkylation sites (tertiary alicyclic amines) is 1. The van der Waals surface area contributed by atoms with Crippen LogP contribution in [-0.4, -0.2) is 57.7 Å². The Kier molecular flexibility index (Phi) is 4.87. The summed E-state index contributed by atoms with van der Waals surface area (Å²) < 4.78 is 23.5. The van der Waals surface area contributed by atoms with E-state index in [4.69, 9.17) is 0 Å². The first-order valence-corrected chi connectivity index (χ1v) is 11.5. The monoisotopic (exact) mass is 384 g/mol. The summed E-state index contributed by atoms with van der Waals surface area (Å²) in [5.74, 6) is 0.390. The van der Waals surface area contributed by atoms with Gasteiger partial charge in [-0.2, -0.15) is 0 Å². The Morgan fingerprint density at radius 2 is 1.70 bits per heavy atom. The average molecular weight is 385 g/mol. The molecule has 1 aliphatic carbocycles. The van der Waals surface area contributed by atoms with Crippen molar-refractivity contribution in [1.29, 1.82) is 0 Å². The van der Waals surface area contributed by atoms with Crippen molar-refractivity contribution in [2.24, 2.45) is 0 Å². The summed E-state index contributed by atoms with van der Waals surface area (Å²) in [6, 6.07) is 17.3. The van der Waals surface area contributed by atoms with Crippen molar-refractivity contribution < 1.29 is 8.42 Å². The molecule has 27 heavy (non-hydrogen) atoms. The van der Waals surface area contributed by atoms with E-state index in [2.05, 4.69) is 48.2 Å². The highest BCUT2D eigenvalue weighted by Gasteiger charge is 2.40. The van der Waals surface area contributed by atoms with E-state index in [0.29, 0.717) is 22.9 Å². The lowest BCUT2D eigenvalue weighted by Crippen LogP contribution is -2.35. The fourth-order valence-corrected chi connectivity index (χ4v) is 5.43. The van der Waals surface area contributed by atoms with Crippen molar-refractivity contribution in [3.63, 3.8) is 0 Å². The van der Waals surface area contributed by atoms with Crippen LogP contribution < -0.4 is 0 Å². The van der Waals surface area contributed by atoms with Crippen molar-refractivity contribution in [2.75, 3.05) is 33.4 Å². The molecule has 0 amide bonds. The van der Waals surface area contributed by atoms with Crippen molar-refractivity contribution in [3.8, 4) is 0 Å². The topological polar surface area (TPSA) is 40.6 Å². The number of nitrogens with zero attached hydrogens (tertiary/aromatic N) is 2. The molecule has 0 unspecified atom stereocenters. The van der Waals surface area contributed by atoms with Gasteiger partial charge in [0, 0.05) is 37.3 Å². The zero-order valence-corrected chi connectivity index (χ0v) is 17.1. The van der Waals surface area contributed by atoms with Crippen LogP contribution in [0, 0.1) is 0 Å². The van der Waals surface area contributed by atoms with Gasteiger partial charge in [0.1, 0.15) is 0 Å². The maximum absolute atomic E-state index is 11.8. The van der Waals surface area contributed by atoms with Crippen LogP contribution in [0.4, 0.5) is 0 Å². The molecule has 1 saturated heterocycles. The van der Waals surface area contributed by atoms with Crippen molar-refractivity contribution in [1.82, 2.24) is 9.80 Å². The molecule has 2 aromatic carbocycles. The number of hydrogen-bond donors (Lipinski definition) is 0. The average Bonchev–Trinajstić information content (AvgIpc) is 3.25. The van der Waals surface area contributed by atoms with Crippen LogP contribution in [0.2, 0.25) is 0 Å². The van der Waals surface area contributed by atoms with Gasteiger partial charge in [-0.05, 0) is 55.8 Å². The Labute approximate surface area is 162 Å². The van der Waals surface area contributed by atoms with Gasteiger partial charge in [-0.15, -0.1) is 0 Å². The third-order valence-electron chi connectivity index (χ3n) is 6.26. The predicted molar refractivity (Wildman–Crippen MR) is 109 cm³/mol. The van der Waals surface area contributed by atoms with Crippen LogP contribution in [0.1, 0.15) is 35.1 Å². The lowest BCUT2D eigenvalue weighted by molar-refractivity contribution is 0.216. The van der Waals surface area contributed by atoms with E-state index in [1.54, 1.807) is 12.1 Å². The zero-order valence-electron chi connectivity index (χ0n) is 16.3. The summed E-state index contributed by atoms with van der Waals surface area (Å²) in [5.41, 5.74) is 4.21. The van der Waals surface area contributed by atoms with Gasteiger partial charge in [0.15, 0.2) is 9.84 Å². The van der Waals surface area contributed by atoms with Gasteiger partial charge in [-0.25, -0.2) is 8.42 Å². The lowest BCUT2D eigenvalue weighted by atomic mass is 9.94. The van der Waals surface area contributed by atoms with Crippen LogP contribution in [0.3, 0.4) is 0 Å². The number of aryl methyl sites for hydroxylation is 1. The molecule has 4 rings (SSSR count). The summed E-state index contributed by atoms with van der Waals surface area (Å²) in [7, 11) is 1.14. The summed E-state index contributed by atoms with van der Waals surface area (Å²) in [4.78, 5) is 5.34. The Balaban J connectivity index is 1.60. The molecule has 0 N–H and O–H groups in total. The molecule has 1 heterocycles. The van der Waals surface area contributed by atoms with Gasteiger partial charge in [-0.3, -0.25) is 4.90 Å². The standard InChI is InChI=1S/C22H28N2O2S/c1-23(2)22-15-24(21-13-10-16-6-4-5-7-19(16)21)14-20(22)17-8-11-18(12-9-17)27(3,25)26/h4-9,11-12,20-22H,10,13-15H2,1-3H3/t20-,21-,22+/m0/s1. The quantitative estimate of drug-likeness (QED) is 0.812. The highest BCUT2D eigenvalue weighted by atomic mass is 32.2. The van der Waals surface area contributed by atoms with Crippen LogP contribution in [-0.2, 0) is 16.3 Å². The minimum absolute atomic E-state index is 0.390. The van der Waals surface area contributed by atoms with Gasteiger partial charge in [0.05, 0.1) is 4.90 Å². The molecule has 0 aromatic heterocycles. The molecule has 1 aliphatic heterocycles. The van der Waals surface area contributed by atoms with Crippen LogP contribution in [0.15, 0.2) is 53.4 Å². The number of hydrogen-bond acceptors (Lipinski definition) is 4. The minimum Gasteiger partial charge on any atom is -0.305 e. The third-order valence-corrected chi connectivity index (χ3v) is 7.39. The largest absolute Gasteiger partial charge is 0.305 e. The number of likely N-dealkylation sites (N-methyl/N-ethyl adjacent to an activating group) is 1. The summed E-state index contributed by atoms with van der Waals surface area (Å²) >= 11 is 0. The van der Waals surface area contributed by atoms with Crippen LogP contribution in [0.5, 0.6) is 0 Å². The SMILES string of the molecule is CN(C)[C@@H]1CN([C@H]2CCc3ccccc32)C[C@H]1c1ccc(S(C)(=O)=O)cc1. The van der Waals surface area contributed by atoms with E-state index in [1.165, 1.54) is 29.4 Å². The first-order valence-electron chi connectivity index (χ1n) is 9.63. The van der Waals surface area contributed by atoms with Gasteiger partial charge in [-0.1, -0.05) is 36.4 Å². The van der Waals surface area contributed by atoms with Gasteiger partial charge in [0.2, 0.25) is 0 Å². The molecule has 4 nitrogen and oxygen atoms in total. The molecule has 0 saturated carbocycles. The molecule has 0 spiro atoms. The molecule has 1 fully saturated rings. The van der Waals surface area contributed by atoms with E-state index >= 15 is 0 Å². The molecule has 144 valence electrons. The third kappa shape index (κ3) is 3.56. The van der Waals surface area contributed by atoms with Crippen LogP contribution in [0.25, 0.3) is 0 Å².